The van der Waals surface area contributed by atoms with Gasteiger partial charge in [0.1, 0.15) is 12.7 Å². The molecule has 0 amide bonds. The third-order valence-electron chi connectivity index (χ3n) is 4.44. The number of β-amino-alcohol motifs (C(OH)–C–C–N with tert-alkyl or cyclic N) is 1. The van der Waals surface area contributed by atoms with Crippen molar-refractivity contribution in [2.75, 3.05) is 33.4 Å². The zero-order valence-corrected chi connectivity index (χ0v) is 14.9. The zero-order chi connectivity index (χ0) is 19.3. The van der Waals surface area contributed by atoms with Crippen LogP contribution in [-0.4, -0.2) is 61.4 Å². The molecule has 8 heteroatoms. The molecule has 1 aromatic rings. The highest BCUT2D eigenvalue weighted by Crippen LogP contribution is 2.33. The molecular weight excluding hydrogens is 351 g/mol. The maximum absolute atomic E-state index is 12.8. The van der Waals surface area contributed by atoms with Crippen LogP contribution in [0.5, 0.6) is 11.5 Å². The first-order valence-corrected chi connectivity index (χ1v) is 8.49. The summed E-state index contributed by atoms with van der Waals surface area (Å²) in [5.74, 6) is -0.730. The Kier molecular flexibility index (Phi) is 6.88. The van der Waals surface area contributed by atoms with Crippen molar-refractivity contribution in [3.8, 4) is 11.5 Å². The van der Waals surface area contributed by atoms with Gasteiger partial charge in [-0.15, -0.1) is 0 Å². The second kappa shape index (κ2) is 8.73. The minimum Gasteiger partial charge on any atom is -0.493 e. The lowest BCUT2D eigenvalue weighted by Crippen LogP contribution is -2.45. The molecule has 1 aromatic carbocycles. The average molecular weight is 375 g/mol. The van der Waals surface area contributed by atoms with Crippen LogP contribution in [0.1, 0.15) is 30.1 Å². The summed E-state index contributed by atoms with van der Waals surface area (Å²) in [7, 11) is 1.44. The van der Waals surface area contributed by atoms with E-state index in [1.807, 2.05) is 0 Å². The van der Waals surface area contributed by atoms with Gasteiger partial charge in [-0.25, -0.2) is 0 Å². The van der Waals surface area contributed by atoms with Gasteiger partial charge in [0.2, 0.25) is 0 Å². The second-order valence-corrected chi connectivity index (χ2v) is 6.53. The van der Waals surface area contributed by atoms with E-state index in [9.17, 15) is 23.1 Å². The van der Waals surface area contributed by atoms with Crippen molar-refractivity contribution < 1.29 is 32.5 Å². The van der Waals surface area contributed by atoms with Gasteiger partial charge in [-0.1, -0.05) is 0 Å². The van der Waals surface area contributed by atoms with Gasteiger partial charge in [0.15, 0.2) is 17.3 Å². The number of ether oxygens (including phenoxy) is 2. The van der Waals surface area contributed by atoms with Gasteiger partial charge in [0.05, 0.1) is 13.0 Å². The molecule has 146 valence electrons. The SMILES string of the molecule is COc1cc(C(C)=O)ccc1OCC(O)CN1CCCC(C(F)(F)F)C1. The van der Waals surface area contributed by atoms with E-state index in [0.717, 1.165) is 0 Å². The molecule has 1 heterocycles. The van der Waals surface area contributed by atoms with Crippen molar-refractivity contribution in [2.45, 2.75) is 32.0 Å². The number of Topliss-reactive ketones (excluding diaryl/α,β-unsaturated/α-hetero) is 1. The Morgan fingerprint density at radius 1 is 1.38 bits per heavy atom. The van der Waals surface area contributed by atoms with Crippen molar-refractivity contribution in [1.82, 2.24) is 4.90 Å². The number of methoxy groups -OCH3 is 1. The molecule has 1 aliphatic heterocycles. The van der Waals surface area contributed by atoms with Gasteiger partial charge < -0.3 is 19.5 Å². The number of ketones is 1. The number of carbonyl (C=O) groups excluding carboxylic acids is 1. The molecule has 2 rings (SSSR count). The molecule has 1 aliphatic rings. The summed E-state index contributed by atoms with van der Waals surface area (Å²) in [6, 6.07) is 4.70. The minimum atomic E-state index is -4.20. The lowest BCUT2D eigenvalue weighted by molar-refractivity contribution is -0.187. The van der Waals surface area contributed by atoms with E-state index in [0.29, 0.717) is 30.0 Å². The highest BCUT2D eigenvalue weighted by atomic mass is 19.4. The summed E-state index contributed by atoms with van der Waals surface area (Å²) in [6.45, 7) is 1.90. The minimum absolute atomic E-state index is 0.0804. The summed E-state index contributed by atoms with van der Waals surface area (Å²) < 4.78 is 49.2. The van der Waals surface area contributed by atoms with Gasteiger partial charge in [-0.2, -0.15) is 13.2 Å². The summed E-state index contributed by atoms with van der Waals surface area (Å²) >= 11 is 0. The fourth-order valence-corrected chi connectivity index (χ4v) is 3.03. The zero-order valence-electron chi connectivity index (χ0n) is 14.9. The molecule has 0 aromatic heterocycles. The number of aliphatic hydroxyl groups excluding tert-OH is 1. The predicted octanol–water partition coefficient (Wildman–Crippen LogP) is 2.91. The van der Waals surface area contributed by atoms with Crippen LogP contribution < -0.4 is 9.47 Å². The van der Waals surface area contributed by atoms with Crippen LogP contribution in [0.15, 0.2) is 18.2 Å². The molecule has 0 spiro atoms. The number of likely N-dealkylation sites (tertiary alicyclic amines) is 1. The van der Waals surface area contributed by atoms with E-state index in [-0.39, 0.29) is 31.9 Å². The summed E-state index contributed by atoms with van der Waals surface area (Å²) in [4.78, 5) is 13.0. The van der Waals surface area contributed by atoms with Crippen molar-refractivity contribution in [2.24, 2.45) is 5.92 Å². The quantitative estimate of drug-likeness (QED) is 0.743. The monoisotopic (exact) mass is 375 g/mol. The Morgan fingerprint density at radius 2 is 2.12 bits per heavy atom. The summed E-state index contributed by atoms with van der Waals surface area (Å²) in [5, 5.41) is 10.1. The molecule has 1 saturated heterocycles. The molecule has 5 nitrogen and oxygen atoms in total. The van der Waals surface area contributed by atoms with Gasteiger partial charge >= 0.3 is 6.18 Å². The number of carbonyl (C=O) groups is 1. The standard InChI is InChI=1S/C18H24F3NO4/c1-12(23)13-5-6-16(17(8-13)25-2)26-11-15(24)10-22-7-3-4-14(9-22)18(19,20)21/h5-6,8,14-15,24H,3-4,7,9-11H2,1-2H3. The Balaban J connectivity index is 1.88. The average Bonchev–Trinajstić information content (AvgIpc) is 2.59. The number of hydrogen-bond acceptors (Lipinski definition) is 5. The molecule has 26 heavy (non-hydrogen) atoms. The molecule has 0 bridgehead atoms. The second-order valence-electron chi connectivity index (χ2n) is 6.53. The molecule has 1 fully saturated rings. The third kappa shape index (κ3) is 5.60. The number of piperidine rings is 1. The first-order valence-electron chi connectivity index (χ1n) is 8.49. The Hall–Kier alpha value is -1.80. The van der Waals surface area contributed by atoms with Gasteiger partial charge in [0.25, 0.3) is 0 Å². The van der Waals surface area contributed by atoms with E-state index in [2.05, 4.69) is 0 Å². The molecule has 0 aliphatic carbocycles. The number of alkyl halides is 3. The van der Waals surface area contributed by atoms with Crippen LogP contribution >= 0.6 is 0 Å². The van der Waals surface area contributed by atoms with Crippen LogP contribution in [0.2, 0.25) is 0 Å². The molecular formula is C18H24F3NO4. The number of aliphatic hydroxyl groups is 1. The van der Waals surface area contributed by atoms with Crippen LogP contribution in [0.4, 0.5) is 13.2 Å². The van der Waals surface area contributed by atoms with Crippen LogP contribution in [0.25, 0.3) is 0 Å². The maximum Gasteiger partial charge on any atom is 0.393 e. The molecule has 1 N–H and O–H groups in total. The van der Waals surface area contributed by atoms with Crippen molar-refractivity contribution in [3.05, 3.63) is 23.8 Å². The largest absolute Gasteiger partial charge is 0.493 e. The molecule has 2 atom stereocenters. The topological polar surface area (TPSA) is 59.0 Å². The number of halogens is 3. The first kappa shape index (κ1) is 20.5. The number of benzene rings is 1. The Labute approximate surface area is 150 Å². The summed E-state index contributed by atoms with van der Waals surface area (Å²) in [5.41, 5.74) is 0.473. The highest BCUT2D eigenvalue weighted by Gasteiger charge is 2.41. The molecule has 2 unspecified atom stereocenters. The van der Waals surface area contributed by atoms with Gasteiger partial charge in [-0.3, -0.25) is 4.79 Å². The lowest BCUT2D eigenvalue weighted by Gasteiger charge is -2.34. The summed E-state index contributed by atoms with van der Waals surface area (Å²) in [6.07, 6.45) is -4.55. The fourth-order valence-electron chi connectivity index (χ4n) is 3.03. The molecule has 0 saturated carbocycles. The third-order valence-corrected chi connectivity index (χ3v) is 4.44. The number of nitrogens with zero attached hydrogens (tertiary/aromatic N) is 1. The van der Waals surface area contributed by atoms with Crippen LogP contribution in [0, 0.1) is 5.92 Å². The van der Waals surface area contributed by atoms with E-state index in [4.69, 9.17) is 9.47 Å². The maximum atomic E-state index is 12.8. The van der Waals surface area contributed by atoms with E-state index in [1.165, 1.54) is 14.0 Å². The molecule has 0 radical (unpaired) electrons. The van der Waals surface area contributed by atoms with Gasteiger partial charge in [-0.05, 0) is 44.5 Å². The van der Waals surface area contributed by atoms with Crippen molar-refractivity contribution in [1.29, 1.82) is 0 Å². The normalized spacial score (nSPS) is 19.8. The van der Waals surface area contributed by atoms with Gasteiger partial charge in [0, 0.05) is 18.7 Å². The Bertz CT molecular complexity index is 621. The predicted molar refractivity (Wildman–Crippen MR) is 89.7 cm³/mol. The van der Waals surface area contributed by atoms with Crippen molar-refractivity contribution in [3.63, 3.8) is 0 Å². The first-order chi connectivity index (χ1) is 12.2. The van der Waals surface area contributed by atoms with E-state index >= 15 is 0 Å². The number of rotatable bonds is 7. The van der Waals surface area contributed by atoms with Crippen LogP contribution in [-0.2, 0) is 0 Å². The lowest BCUT2D eigenvalue weighted by atomic mass is 9.97. The van der Waals surface area contributed by atoms with E-state index in [1.54, 1.807) is 23.1 Å². The fraction of sp³-hybridized carbons (Fsp3) is 0.611. The van der Waals surface area contributed by atoms with E-state index < -0.39 is 18.2 Å². The van der Waals surface area contributed by atoms with Crippen molar-refractivity contribution >= 4 is 5.78 Å². The highest BCUT2D eigenvalue weighted by molar-refractivity contribution is 5.94. The smallest absolute Gasteiger partial charge is 0.393 e. The Morgan fingerprint density at radius 3 is 2.73 bits per heavy atom. The van der Waals surface area contributed by atoms with Crippen LogP contribution in [0.3, 0.4) is 0 Å². The number of hydrogen-bond donors (Lipinski definition) is 1.